The summed E-state index contributed by atoms with van der Waals surface area (Å²) < 4.78 is 5.88. The van der Waals surface area contributed by atoms with Crippen LogP contribution in [0.1, 0.15) is 21.6 Å². The first-order valence-corrected chi connectivity index (χ1v) is 9.49. The summed E-state index contributed by atoms with van der Waals surface area (Å²) in [7, 11) is 1.56. The highest BCUT2D eigenvalue weighted by molar-refractivity contribution is 5.92. The van der Waals surface area contributed by atoms with Crippen molar-refractivity contribution in [3.63, 3.8) is 0 Å². The fraction of sp³-hybridized carbons (Fsp3) is 0.130. The topological polar surface area (TPSA) is 89.0 Å². The predicted molar refractivity (Wildman–Crippen MR) is 116 cm³/mol. The van der Waals surface area contributed by atoms with Gasteiger partial charge in [0.2, 0.25) is 5.95 Å². The predicted octanol–water partition coefficient (Wildman–Crippen LogP) is 4.54. The van der Waals surface area contributed by atoms with Crippen molar-refractivity contribution in [3.8, 4) is 11.5 Å². The summed E-state index contributed by atoms with van der Waals surface area (Å²) in [5, 5.41) is 6.63. The van der Waals surface area contributed by atoms with Crippen molar-refractivity contribution in [2.24, 2.45) is 0 Å². The molecule has 0 atom stereocenters. The monoisotopic (exact) mass is 399 g/mol. The van der Waals surface area contributed by atoms with Crippen LogP contribution in [0.3, 0.4) is 0 Å². The molecule has 4 aromatic rings. The van der Waals surface area contributed by atoms with Crippen LogP contribution < -0.4 is 15.4 Å². The standard InChI is InChI=1S/C23H21N5O2/c1-14-4-5-17(10-15(14)2)27-23-26-13-16-11-18(6-7-20(16)28-23)30-19-8-9-25-21(12-19)22(29)24-3/h4-13H,1-3H3,(H,24,29)(H,26,27,28). The molecular weight excluding hydrogens is 378 g/mol. The molecular formula is C23H21N5O2. The second kappa shape index (κ2) is 8.16. The lowest BCUT2D eigenvalue weighted by atomic mass is 10.1. The highest BCUT2D eigenvalue weighted by Crippen LogP contribution is 2.26. The lowest BCUT2D eigenvalue weighted by molar-refractivity contribution is 0.0958. The summed E-state index contributed by atoms with van der Waals surface area (Å²) in [5.41, 5.74) is 4.48. The number of aromatic nitrogens is 3. The third kappa shape index (κ3) is 4.20. The van der Waals surface area contributed by atoms with Crippen LogP contribution in [0, 0.1) is 13.8 Å². The van der Waals surface area contributed by atoms with Crippen molar-refractivity contribution in [1.82, 2.24) is 20.3 Å². The summed E-state index contributed by atoms with van der Waals surface area (Å²) >= 11 is 0. The molecule has 0 unspecified atom stereocenters. The number of carbonyl (C=O) groups is 1. The SMILES string of the molecule is CNC(=O)c1cc(Oc2ccc3nc(Nc4ccc(C)c(C)c4)ncc3c2)ccn1. The molecule has 0 fully saturated rings. The summed E-state index contributed by atoms with van der Waals surface area (Å²) in [6, 6.07) is 15.0. The number of hydrogen-bond donors (Lipinski definition) is 2. The van der Waals surface area contributed by atoms with Gasteiger partial charge in [-0.1, -0.05) is 6.07 Å². The Labute approximate surface area is 174 Å². The van der Waals surface area contributed by atoms with Crippen molar-refractivity contribution in [3.05, 3.63) is 77.7 Å². The highest BCUT2D eigenvalue weighted by atomic mass is 16.5. The molecule has 0 bridgehead atoms. The van der Waals surface area contributed by atoms with E-state index in [4.69, 9.17) is 4.74 Å². The Bertz CT molecular complexity index is 1240. The molecule has 0 saturated carbocycles. The van der Waals surface area contributed by atoms with Crippen LogP contribution >= 0.6 is 0 Å². The van der Waals surface area contributed by atoms with E-state index < -0.39 is 0 Å². The number of amides is 1. The quantitative estimate of drug-likeness (QED) is 0.512. The van der Waals surface area contributed by atoms with Crippen molar-refractivity contribution in [2.45, 2.75) is 13.8 Å². The third-order valence-corrected chi connectivity index (χ3v) is 4.74. The van der Waals surface area contributed by atoms with Gasteiger partial charge in [-0.3, -0.25) is 9.78 Å². The number of aryl methyl sites for hydroxylation is 2. The maximum Gasteiger partial charge on any atom is 0.269 e. The molecule has 2 aromatic carbocycles. The molecule has 2 heterocycles. The molecule has 2 N–H and O–H groups in total. The molecule has 0 aliphatic heterocycles. The fourth-order valence-electron chi connectivity index (χ4n) is 2.95. The number of ether oxygens (including phenoxy) is 1. The Morgan fingerprint density at radius 2 is 1.77 bits per heavy atom. The minimum absolute atomic E-state index is 0.267. The van der Waals surface area contributed by atoms with Crippen LogP contribution in [0.4, 0.5) is 11.6 Å². The van der Waals surface area contributed by atoms with Crippen LogP contribution in [0.2, 0.25) is 0 Å². The molecule has 30 heavy (non-hydrogen) atoms. The van der Waals surface area contributed by atoms with Gasteiger partial charge in [-0.2, -0.15) is 0 Å². The molecule has 0 aliphatic carbocycles. The maximum absolute atomic E-state index is 11.7. The van der Waals surface area contributed by atoms with Gasteiger partial charge < -0.3 is 15.4 Å². The zero-order valence-electron chi connectivity index (χ0n) is 16.9. The molecule has 0 spiro atoms. The summed E-state index contributed by atoms with van der Waals surface area (Å²) in [4.78, 5) is 24.8. The van der Waals surface area contributed by atoms with Gasteiger partial charge in [-0.25, -0.2) is 9.97 Å². The number of carbonyl (C=O) groups excluding carboxylic acids is 1. The minimum atomic E-state index is -0.267. The lowest BCUT2D eigenvalue weighted by Crippen LogP contribution is -2.18. The van der Waals surface area contributed by atoms with Gasteiger partial charge >= 0.3 is 0 Å². The first-order chi connectivity index (χ1) is 14.5. The van der Waals surface area contributed by atoms with Crippen LogP contribution in [0.5, 0.6) is 11.5 Å². The van der Waals surface area contributed by atoms with Crippen LogP contribution in [0.15, 0.2) is 60.9 Å². The molecule has 0 saturated heterocycles. The molecule has 2 aromatic heterocycles. The summed E-state index contributed by atoms with van der Waals surface area (Å²) in [6.45, 7) is 4.15. The van der Waals surface area contributed by atoms with E-state index in [-0.39, 0.29) is 5.91 Å². The Balaban J connectivity index is 1.54. The average molecular weight is 399 g/mol. The number of nitrogens with one attached hydrogen (secondary N) is 2. The Hall–Kier alpha value is -4.00. The number of hydrogen-bond acceptors (Lipinski definition) is 6. The van der Waals surface area contributed by atoms with Gasteiger partial charge in [0.05, 0.1) is 5.52 Å². The molecule has 0 aliphatic rings. The number of pyridine rings is 1. The first kappa shape index (κ1) is 19.3. The maximum atomic E-state index is 11.7. The molecule has 7 nitrogen and oxygen atoms in total. The van der Waals surface area contributed by atoms with E-state index in [9.17, 15) is 4.79 Å². The van der Waals surface area contributed by atoms with Crippen molar-refractivity contribution in [1.29, 1.82) is 0 Å². The van der Waals surface area contributed by atoms with Gasteiger partial charge in [0.15, 0.2) is 0 Å². The molecule has 150 valence electrons. The van der Waals surface area contributed by atoms with E-state index in [1.165, 1.54) is 17.3 Å². The number of benzene rings is 2. The Morgan fingerprint density at radius 1 is 0.933 bits per heavy atom. The minimum Gasteiger partial charge on any atom is -0.457 e. The molecule has 7 heteroatoms. The largest absolute Gasteiger partial charge is 0.457 e. The van der Waals surface area contributed by atoms with Gasteiger partial charge in [0.25, 0.3) is 5.91 Å². The normalized spacial score (nSPS) is 10.6. The first-order valence-electron chi connectivity index (χ1n) is 9.49. The van der Waals surface area contributed by atoms with Gasteiger partial charge in [-0.05, 0) is 61.4 Å². The van der Waals surface area contributed by atoms with Crippen molar-refractivity contribution >= 4 is 28.4 Å². The summed E-state index contributed by atoms with van der Waals surface area (Å²) in [5.74, 6) is 1.41. The van der Waals surface area contributed by atoms with Gasteiger partial charge in [0, 0.05) is 36.6 Å². The number of fused-ring (bicyclic) bond motifs is 1. The van der Waals surface area contributed by atoms with E-state index in [0.717, 1.165) is 16.6 Å². The van der Waals surface area contributed by atoms with E-state index >= 15 is 0 Å². The van der Waals surface area contributed by atoms with E-state index in [2.05, 4.69) is 51.6 Å². The Kier molecular flexibility index (Phi) is 5.26. The van der Waals surface area contributed by atoms with E-state index in [0.29, 0.717) is 23.1 Å². The van der Waals surface area contributed by atoms with Crippen molar-refractivity contribution in [2.75, 3.05) is 12.4 Å². The second-order valence-corrected chi connectivity index (χ2v) is 6.90. The third-order valence-electron chi connectivity index (χ3n) is 4.74. The van der Waals surface area contributed by atoms with Crippen LogP contribution in [0.25, 0.3) is 10.9 Å². The highest BCUT2D eigenvalue weighted by Gasteiger charge is 2.08. The number of nitrogens with zero attached hydrogens (tertiary/aromatic N) is 3. The average Bonchev–Trinajstić information content (AvgIpc) is 2.76. The van der Waals surface area contributed by atoms with Crippen molar-refractivity contribution < 1.29 is 9.53 Å². The lowest BCUT2D eigenvalue weighted by Gasteiger charge is -2.09. The molecule has 0 radical (unpaired) electrons. The summed E-state index contributed by atoms with van der Waals surface area (Å²) in [6.07, 6.45) is 3.29. The second-order valence-electron chi connectivity index (χ2n) is 6.90. The fourth-order valence-corrected chi connectivity index (χ4v) is 2.95. The number of rotatable bonds is 5. The van der Waals surface area contributed by atoms with Crippen LogP contribution in [-0.2, 0) is 0 Å². The zero-order chi connectivity index (χ0) is 21.1. The van der Waals surface area contributed by atoms with Gasteiger partial charge in [0.1, 0.15) is 17.2 Å². The van der Waals surface area contributed by atoms with E-state index in [1.807, 2.05) is 24.3 Å². The molecule has 1 amide bonds. The zero-order valence-corrected chi connectivity index (χ0v) is 16.9. The smallest absolute Gasteiger partial charge is 0.269 e. The molecule has 4 rings (SSSR count). The van der Waals surface area contributed by atoms with E-state index in [1.54, 1.807) is 25.4 Å². The van der Waals surface area contributed by atoms with Gasteiger partial charge in [-0.15, -0.1) is 0 Å². The van der Waals surface area contributed by atoms with Crippen LogP contribution in [-0.4, -0.2) is 27.9 Å². The Morgan fingerprint density at radius 3 is 2.57 bits per heavy atom. The number of anilines is 2.